The standard InChI is InChI=1S/C21H33N3O4/c1-3-18(25)14-23-11-12-28-20(16-23)15-22-7-9-24(10-8-22)21(26)17-5-4-6-19(13-17)27-2/h4-6,13,18,20,25H,3,7-12,14-16H2,1-2H3. The fraction of sp³-hybridized carbons (Fsp3) is 0.667. The van der Waals surface area contributed by atoms with E-state index in [1.807, 2.05) is 30.0 Å². The van der Waals surface area contributed by atoms with E-state index in [1.165, 1.54) is 0 Å². The van der Waals surface area contributed by atoms with Crippen molar-refractivity contribution in [3.63, 3.8) is 0 Å². The first-order valence-electron chi connectivity index (χ1n) is 10.3. The second-order valence-corrected chi connectivity index (χ2v) is 7.64. The van der Waals surface area contributed by atoms with Gasteiger partial charge in [0.2, 0.25) is 0 Å². The number of methoxy groups -OCH3 is 1. The van der Waals surface area contributed by atoms with Crippen LogP contribution in [0.3, 0.4) is 0 Å². The second-order valence-electron chi connectivity index (χ2n) is 7.64. The molecule has 1 amide bonds. The number of β-amino-alcohol motifs (C(OH)–C–C–N with tert-alkyl or cyclic N) is 1. The fourth-order valence-electron chi connectivity index (χ4n) is 3.84. The van der Waals surface area contributed by atoms with E-state index in [1.54, 1.807) is 13.2 Å². The Kier molecular flexibility index (Phi) is 7.67. The maximum absolute atomic E-state index is 12.7. The molecule has 7 heteroatoms. The number of rotatable bonds is 7. The van der Waals surface area contributed by atoms with Crippen LogP contribution in [0, 0.1) is 0 Å². The maximum atomic E-state index is 12.7. The van der Waals surface area contributed by atoms with Crippen LogP contribution >= 0.6 is 0 Å². The summed E-state index contributed by atoms with van der Waals surface area (Å²) in [5.41, 5.74) is 0.675. The number of carbonyl (C=O) groups excluding carboxylic acids is 1. The normalized spacial score (nSPS) is 22.8. The lowest BCUT2D eigenvalue weighted by molar-refractivity contribution is -0.0565. The summed E-state index contributed by atoms with van der Waals surface area (Å²) in [5, 5.41) is 9.89. The van der Waals surface area contributed by atoms with Crippen molar-refractivity contribution in [1.29, 1.82) is 0 Å². The Morgan fingerprint density at radius 2 is 2.04 bits per heavy atom. The zero-order chi connectivity index (χ0) is 19.9. The molecule has 2 fully saturated rings. The van der Waals surface area contributed by atoms with Gasteiger partial charge < -0.3 is 19.5 Å². The predicted octanol–water partition coefficient (Wildman–Crippen LogP) is 0.925. The Bertz CT molecular complexity index is 634. The van der Waals surface area contributed by atoms with E-state index in [-0.39, 0.29) is 18.1 Å². The quantitative estimate of drug-likeness (QED) is 0.746. The van der Waals surface area contributed by atoms with Crippen LogP contribution in [-0.4, -0.2) is 104 Å². The van der Waals surface area contributed by atoms with Crippen LogP contribution in [-0.2, 0) is 4.74 Å². The minimum atomic E-state index is -0.259. The number of hydrogen-bond donors (Lipinski definition) is 1. The van der Waals surface area contributed by atoms with Crippen molar-refractivity contribution in [3.05, 3.63) is 29.8 Å². The maximum Gasteiger partial charge on any atom is 0.254 e. The number of aliphatic hydroxyl groups excluding tert-OH is 1. The van der Waals surface area contributed by atoms with Crippen LogP contribution in [0.15, 0.2) is 24.3 Å². The van der Waals surface area contributed by atoms with Crippen molar-refractivity contribution in [3.8, 4) is 5.75 Å². The zero-order valence-corrected chi connectivity index (χ0v) is 17.0. The number of hydrogen-bond acceptors (Lipinski definition) is 6. The molecule has 7 nitrogen and oxygen atoms in total. The van der Waals surface area contributed by atoms with Gasteiger partial charge in [0, 0.05) is 57.9 Å². The number of piperazine rings is 1. The number of aliphatic hydroxyl groups is 1. The Morgan fingerprint density at radius 1 is 1.25 bits per heavy atom. The van der Waals surface area contributed by atoms with E-state index in [0.717, 1.165) is 65.4 Å². The molecule has 2 heterocycles. The summed E-state index contributed by atoms with van der Waals surface area (Å²) >= 11 is 0. The molecule has 2 aliphatic heterocycles. The smallest absolute Gasteiger partial charge is 0.254 e. The fourth-order valence-corrected chi connectivity index (χ4v) is 3.84. The molecule has 0 saturated carbocycles. The number of ether oxygens (including phenoxy) is 2. The highest BCUT2D eigenvalue weighted by Crippen LogP contribution is 2.16. The Balaban J connectivity index is 1.45. The van der Waals surface area contributed by atoms with Gasteiger partial charge >= 0.3 is 0 Å². The minimum Gasteiger partial charge on any atom is -0.497 e. The lowest BCUT2D eigenvalue weighted by Gasteiger charge is -2.39. The second kappa shape index (κ2) is 10.2. The van der Waals surface area contributed by atoms with Gasteiger partial charge in [-0.3, -0.25) is 14.6 Å². The SMILES string of the molecule is CCC(O)CN1CCOC(CN2CCN(C(=O)c3cccc(OC)c3)CC2)C1. The van der Waals surface area contributed by atoms with Crippen molar-refractivity contribution >= 4 is 5.91 Å². The van der Waals surface area contributed by atoms with Crippen LogP contribution < -0.4 is 4.74 Å². The summed E-state index contributed by atoms with van der Waals surface area (Å²) in [4.78, 5) is 19.3. The molecule has 1 N–H and O–H groups in total. The first-order valence-corrected chi connectivity index (χ1v) is 10.3. The zero-order valence-electron chi connectivity index (χ0n) is 17.0. The largest absolute Gasteiger partial charge is 0.497 e. The molecule has 0 aliphatic carbocycles. The molecule has 1 aromatic carbocycles. The van der Waals surface area contributed by atoms with E-state index < -0.39 is 0 Å². The highest BCUT2D eigenvalue weighted by atomic mass is 16.5. The van der Waals surface area contributed by atoms with E-state index in [4.69, 9.17) is 9.47 Å². The van der Waals surface area contributed by atoms with Crippen molar-refractivity contribution in [2.75, 3.05) is 66.1 Å². The third kappa shape index (κ3) is 5.67. The molecular weight excluding hydrogens is 358 g/mol. The summed E-state index contributed by atoms with van der Waals surface area (Å²) in [6, 6.07) is 7.34. The van der Waals surface area contributed by atoms with Crippen molar-refractivity contribution < 1.29 is 19.4 Å². The van der Waals surface area contributed by atoms with Gasteiger partial charge in [0.15, 0.2) is 0 Å². The summed E-state index contributed by atoms with van der Waals surface area (Å²) in [6.45, 7) is 9.22. The van der Waals surface area contributed by atoms with Gasteiger partial charge in [-0.15, -0.1) is 0 Å². The lowest BCUT2D eigenvalue weighted by Crippen LogP contribution is -2.54. The molecular formula is C21H33N3O4. The van der Waals surface area contributed by atoms with Gasteiger partial charge in [-0.05, 0) is 24.6 Å². The van der Waals surface area contributed by atoms with Crippen LogP contribution in [0.2, 0.25) is 0 Å². The van der Waals surface area contributed by atoms with Gasteiger partial charge in [0.25, 0.3) is 5.91 Å². The van der Waals surface area contributed by atoms with E-state index in [9.17, 15) is 9.90 Å². The van der Waals surface area contributed by atoms with E-state index in [0.29, 0.717) is 11.3 Å². The molecule has 2 aliphatic rings. The summed E-state index contributed by atoms with van der Waals surface area (Å²) in [6.07, 6.45) is 0.689. The summed E-state index contributed by atoms with van der Waals surface area (Å²) in [7, 11) is 1.61. The highest BCUT2D eigenvalue weighted by Gasteiger charge is 2.27. The third-order valence-corrected chi connectivity index (χ3v) is 5.60. The molecule has 0 spiro atoms. The number of benzene rings is 1. The Labute approximate surface area is 167 Å². The first-order chi connectivity index (χ1) is 13.6. The van der Waals surface area contributed by atoms with Crippen molar-refractivity contribution in [2.45, 2.75) is 25.6 Å². The number of nitrogens with zero attached hydrogens (tertiary/aromatic N) is 3. The van der Waals surface area contributed by atoms with Gasteiger partial charge in [-0.2, -0.15) is 0 Å². The highest BCUT2D eigenvalue weighted by molar-refractivity contribution is 5.94. The Morgan fingerprint density at radius 3 is 2.75 bits per heavy atom. The molecule has 1 aromatic rings. The monoisotopic (exact) mass is 391 g/mol. The lowest BCUT2D eigenvalue weighted by atomic mass is 10.1. The van der Waals surface area contributed by atoms with Gasteiger partial charge in [-0.25, -0.2) is 0 Å². The van der Waals surface area contributed by atoms with Crippen LogP contribution in [0.25, 0.3) is 0 Å². The number of amides is 1. The van der Waals surface area contributed by atoms with Crippen molar-refractivity contribution in [2.24, 2.45) is 0 Å². The number of morpholine rings is 1. The average Bonchev–Trinajstić information content (AvgIpc) is 2.74. The van der Waals surface area contributed by atoms with Gasteiger partial charge in [-0.1, -0.05) is 13.0 Å². The van der Waals surface area contributed by atoms with Gasteiger partial charge in [0.1, 0.15) is 5.75 Å². The third-order valence-electron chi connectivity index (χ3n) is 5.60. The molecule has 156 valence electrons. The molecule has 2 atom stereocenters. The van der Waals surface area contributed by atoms with Gasteiger partial charge in [0.05, 0.1) is 25.9 Å². The predicted molar refractivity (Wildman–Crippen MR) is 108 cm³/mol. The molecule has 0 radical (unpaired) electrons. The average molecular weight is 392 g/mol. The Hall–Kier alpha value is -1.67. The molecule has 28 heavy (non-hydrogen) atoms. The van der Waals surface area contributed by atoms with Crippen LogP contribution in [0.5, 0.6) is 5.75 Å². The van der Waals surface area contributed by atoms with E-state index in [2.05, 4.69) is 9.80 Å². The molecule has 2 saturated heterocycles. The molecule has 0 aromatic heterocycles. The minimum absolute atomic E-state index is 0.0622. The van der Waals surface area contributed by atoms with Crippen molar-refractivity contribution in [1.82, 2.24) is 14.7 Å². The number of carbonyl (C=O) groups is 1. The summed E-state index contributed by atoms with van der Waals surface area (Å²) in [5.74, 6) is 0.767. The van der Waals surface area contributed by atoms with Crippen LogP contribution in [0.4, 0.5) is 0 Å². The van der Waals surface area contributed by atoms with Crippen LogP contribution in [0.1, 0.15) is 23.7 Å². The topological polar surface area (TPSA) is 65.5 Å². The molecule has 3 rings (SSSR count). The summed E-state index contributed by atoms with van der Waals surface area (Å²) < 4.78 is 11.2. The molecule has 0 bridgehead atoms. The molecule has 2 unspecified atom stereocenters. The first kappa shape index (κ1) is 21.0. The van der Waals surface area contributed by atoms with E-state index >= 15 is 0 Å².